The van der Waals surface area contributed by atoms with Crippen LogP contribution in [0.3, 0.4) is 0 Å². The Morgan fingerprint density at radius 3 is 2.55 bits per heavy atom. The number of nitrogens with two attached hydrogens (primary N) is 1. The fourth-order valence-corrected chi connectivity index (χ4v) is 3.57. The standard InChI is InChI=1S/C16H24BrN3/c1-11(2)10-20(13-5-3-4-6-13)15-8-7-12(16(18)19)9-14(15)17/h7-9,11,13H,3-6,10H2,1-2H3,(H3,18,19). The predicted octanol–water partition coefficient (Wildman–Crippen LogP) is 4.14. The van der Waals surface area contributed by atoms with Crippen LogP contribution in [0.5, 0.6) is 0 Å². The third-order valence-electron chi connectivity index (χ3n) is 3.90. The zero-order valence-electron chi connectivity index (χ0n) is 12.3. The van der Waals surface area contributed by atoms with Crippen LogP contribution in [0.1, 0.15) is 45.1 Å². The normalized spacial score (nSPS) is 15.8. The van der Waals surface area contributed by atoms with Gasteiger partial charge in [0.2, 0.25) is 0 Å². The first kappa shape index (κ1) is 15.4. The Morgan fingerprint density at radius 1 is 1.40 bits per heavy atom. The summed E-state index contributed by atoms with van der Waals surface area (Å²) in [7, 11) is 0. The van der Waals surface area contributed by atoms with Gasteiger partial charge in [-0.3, -0.25) is 5.41 Å². The summed E-state index contributed by atoms with van der Waals surface area (Å²) in [6, 6.07) is 6.66. The smallest absolute Gasteiger partial charge is 0.122 e. The summed E-state index contributed by atoms with van der Waals surface area (Å²) in [6.45, 7) is 5.60. The second kappa shape index (κ2) is 6.61. The maximum atomic E-state index is 7.53. The van der Waals surface area contributed by atoms with Gasteiger partial charge in [-0.1, -0.05) is 26.7 Å². The lowest BCUT2D eigenvalue weighted by atomic mass is 10.1. The van der Waals surface area contributed by atoms with Gasteiger partial charge in [0.05, 0.1) is 5.69 Å². The van der Waals surface area contributed by atoms with Crippen LogP contribution in [0.4, 0.5) is 5.69 Å². The molecule has 1 aromatic rings. The minimum Gasteiger partial charge on any atom is -0.384 e. The van der Waals surface area contributed by atoms with Gasteiger partial charge < -0.3 is 10.6 Å². The number of anilines is 1. The summed E-state index contributed by atoms with van der Waals surface area (Å²) in [4.78, 5) is 2.53. The monoisotopic (exact) mass is 337 g/mol. The van der Waals surface area contributed by atoms with Crippen LogP contribution in [-0.2, 0) is 0 Å². The van der Waals surface area contributed by atoms with E-state index in [0.29, 0.717) is 12.0 Å². The number of amidine groups is 1. The molecule has 0 saturated heterocycles. The molecule has 1 aromatic carbocycles. The van der Waals surface area contributed by atoms with E-state index in [-0.39, 0.29) is 5.84 Å². The average molecular weight is 338 g/mol. The van der Waals surface area contributed by atoms with Gasteiger partial charge in [-0.2, -0.15) is 0 Å². The van der Waals surface area contributed by atoms with E-state index in [1.807, 2.05) is 12.1 Å². The summed E-state index contributed by atoms with van der Waals surface area (Å²) in [5.41, 5.74) is 7.57. The molecule has 1 saturated carbocycles. The van der Waals surface area contributed by atoms with Crippen molar-refractivity contribution in [1.82, 2.24) is 0 Å². The number of rotatable bonds is 5. The Labute approximate surface area is 130 Å². The number of nitrogens with one attached hydrogen (secondary N) is 1. The fourth-order valence-electron chi connectivity index (χ4n) is 2.96. The first-order valence-corrected chi connectivity index (χ1v) is 8.19. The van der Waals surface area contributed by atoms with Gasteiger partial charge in [0.15, 0.2) is 0 Å². The van der Waals surface area contributed by atoms with Crippen molar-refractivity contribution in [3.63, 3.8) is 0 Å². The molecule has 0 spiro atoms. The highest BCUT2D eigenvalue weighted by molar-refractivity contribution is 9.10. The number of benzene rings is 1. The van der Waals surface area contributed by atoms with Crippen molar-refractivity contribution in [3.8, 4) is 0 Å². The van der Waals surface area contributed by atoms with Crippen LogP contribution < -0.4 is 10.6 Å². The summed E-state index contributed by atoms with van der Waals surface area (Å²) in [5.74, 6) is 0.753. The average Bonchev–Trinajstić information content (AvgIpc) is 2.89. The van der Waals surface area contributed by atoms with Crippen LogP contribution in [0, 0.1) is 11.3 Å². The van der Waals surface area contributed by atoms with Crippen LogP contribution >= 0.6 is 15.9 Å². The largest absolute Gasteiger partial charge is 0.384 e. The molecule has 110 valence electrons. The van der Waals surface area contributed by atoms with Crippen LogP contribution in [0.15, 0.2) is 22.7 Å². The molecule has 0 bridgehead atoms. The van der Waals surface area contributed by atoms with Gasteiger partial charge in [-0.15, -0.1) is 0 Å². The SMILES string of the molecule is CC(C)CN(c1ccc(C(=N)N)cc1Br)C1CCCC1. The second-order valence-electron chi connectivity index (χ2n) is 6.06. The molecule has 0 atom stereocenters. The molecular weight excluding hydrogens is 314 g/mol. The maximum absolute atomic E-state index is 7.53. The molecule has 2 rings (SSSR count). The van der Waals surface area contributed by atoms with E-state index < -0.39 is 0 Å². The number of halogens is 1. The number of hydrogen-bond acceptors (Lipinski definition) is 2. The van der Waals surface area contributed by atoms with E-state index in [0.717, 1.165) is 16.6 Å². The minimum absolute atomic E-state index is 0.119. The van der Waals surface area contributed by atoms with Gasteiger partial charge in [0.1, 0.15) is 5.84 Å². The van der Waals surface area contributed by atoms with Crippen molar-refractivity contribution >= 4 is 27.5 Å². The van der Waals surface area contributed by atoms with E-state index in [1.165, 1.54) is 31.4 Å². The van der Waals surface area contributed by atoms with Gasteiger partial charge in [-0.25, -0.2) is 0 Å². The Bertz CT molecular complexity index is 479. The molecule has 1 aliphatic rings. The van der Waals surface area contributed by atoms with Crippen LogP contribution in [0.25, 0.3) is 0 Å². The zero-order chi connectivity index (χ0) is 14.7. The minimum atomic E-state index is 0.119. The summed E-state index contributed by atoms with van der Waals surface area (Å²) in [5, 5.41) is 7.53. The quantitative estimate of drug-likeness (QED) is 0.626. The molecule has 20 heavy (non-hydrogen) atoms. The van der Waals surface area contributed by atoms with E-state index in [1.54, 1.807) is 0 Å². The van der Waals surface area contributed by atoms with Gasteiger partial charge in [-0.05, 0) is 52.9 Å². The number of hydrogen-bond donors (Lipinski definition) is 2. The topological polar surface area (TPSA) is 53.1 Å². The zero-order valence-corrected chi connectivity index (χ0v) is 13.9. The van der Waals surface area contributed by atoms with Gasteiger partial charge in [0.25, 0.3) is 0 Å². The van der Waals surface area contributed by atoms with Crippen molar-refractivity contribution in [2.45, 2.75) is 45.6 Å². The highest BCUT2D eigenvalue weighted by atomic mass is 79.9. The molecule has 3 nitrogen and oxygen atoms in total. The Balaban J connectivity index is 2.30. The highest BCUT2D eigenvalue weighted by Gasteiger charge is 2.24. The molecule has 0 aromatic heterocycles. The van der Waals surface area contributed by atoms with Crippen molar-refractivity contribution in [2.75, 3.05) is 11.4 Å². The first-order valence-electron chi connectivity index (χ1n) is 7.39. The summed E-state index contributed by atoms with van der Waals surface area (Å²) >= 11 is 3.66. The number of nitrogens with zero attached hydrogens (tertiary/aromatic N) is 1. The summed E-state index contributed by atoms with van der Waals surface area (Å²) < 4.78 is 1.04. The Kier molecular flexibility index (Phi) is 5.08. The molecular formula is C16H24BrN3. The van der Waals surface area contributed by atoms with Crippen molar-refractivity contribution in [3.05, 3.63) is 28.2 Å². The Morgan fingerprint density at radius 2 is 2.05 bits per heavy atom. The van der Waals surface area contributed by atoms with Gasteiger partial charge >= 0.3 is 0 Å². The van der Waals surface area contributed by atoms with Crippen LogP contribution in [-0.4, -0.2) is 18.4 Å². The molecule has 3 N–H and O–H groups in total. The third kappa shape index (κ3) is 3.54. The van der Waals surface area contributed by atoms with E-state index in [4.69, 9.17) is 11.1 Å². The lowest BCUT2D eigenvalue weighted by Crippen LogP contribution is -2.36. The van der Waals surface area contributed by atoms with Gasteiger partial charge in [0, 0.05) is 22.6 Å². The molecule has 0 amide bonds. The highest BCUT2D eigenvalue weighted by Crippen LogP contribution is 2.34. The van der Waals surface area contributed by atoms with E-state index >= 15 is 0 Å². The molecule has 0 unspecified atom stereocenters. The van der Waals surface area contributed by atoms with Crippen molar-refractivity contribution < 1.29 is 0 Å². The van der Waals surface area contributed by atoms with E-state index in [9.17, 15) is 0 Å². The Hall–Kier alpha value is -1.03. The third-order valence-corrected chi connectivity index (χ3v) is 4.53. The van der Waals surface area contributed by atoms with Crippen molar-refractivity contribution in [2.24, 2.45) is 11.7 Å². The molecule has 4 heteroatoms. The number of nitrogen functional groups attached to an aromatic ring is 1. The fraction of sp³-hybridized carbons (Fsp3) is 0.562. The van der Waals surface area contributed by atoms with E-state index in [2.05, 4.69) is 40.7 Å². The summed E-state index contributed by atoms with van der Waals surface area (Å²) in [6.07, 6.45) is 5.24. The molecule has 1 aliphatic carbocycles. The lowest BCUT2D eigenvalue weighted by molar-refractivity contribution is 0.535. The predicted molar refractivity (Wildman–Crippen MR) is 89.6 cm³/mol. The molecule has 0 aliphatic heterocycles. The molecule has 0 radical (unpaired) electrons. The lowest BCUT2D eigenvalue weighted by Gasteiger charge is -2.33. The first-order chi connectivity index (χ1) is 9.49. The maximum Gasteiger partial charge on any atom is 0.122 e. The molecule has 1 fully saturated rings. The molecule has 0 heterocycles. The van der Waals surface area contributed by atoms with Crippen molar-refractivity contribution in [1.29, 1.82) is 5.41 Å². The van der Waals surface area contributed by atoms with Crippen LogP contribution in [0.2, 0.25) is 0 Å². The second-order valence-corrected chi connectivity index (χ2v) is 6.92.